The summed E-state index contributed by atoms with van der Waals surface area (Å²) in [5, 5.41) is 3.20. The molecule has 5 heteroatoms. The van der Waals surface area contributed by atoms with Crippen LogP contribution in [0.15, 0.2) is 21.4 Å². The van der Waals surface area contributed by atoms with Crippen molar-refractivity contribution in [3.05, 3.63) is 22.6 Å². The Morgan fingerprint density at radius 3 is 2.79 bits per heavy atom. The van der Waals surface area contributed by atoms with Gasteiger partial charge in [-0.15, -0.1) is 0 Å². The molecule has 1 aliphatic heterocycles. The summed E-state index contributed by atoms with van der Waals surface area (Å²) < 4.78 is 5.62. The van der Waals surface area contributed by atoms with E-state index in [0.29, 0.717) is 10.2 Å². The lowest BCUT2D eigenvalue weighted by Gasteiger charge is -2.26. The van der Waals surface area contributed by atoms with Gasteiger partial charge in [-0.1, -0.05) is 0 Å². The van der Waals surface area contributed by atoms with E-state index in [-0.39, 0.29) is 5.91 Å². The van der Waals surface area contributed by atoms with Crippen LogP contribution in [0.4, 0.5) is 0 Å². The second kappa shape index (κ2) is 4.14. The minimum atomic E-state index is 0.0425. The minimum Gasteiger partial charge on any atom is -0.457 e. The number of amides is 1. The van der Waals surface area contributed by atoms with Crippen molar-refractivity contribution >= 4 is 21.8 Å². The van der Waals surface area contributed by atoms with Crippen molar-refractivity contribution < 1.29 is 9.21 Å². The maximum atomic E-state index is 11.8. The first kappa shape index (κ1) is 9.73. The van der Waals surface area contributed by atoms with Crippen molar-refractivity contribution in [2.24, 2.45) is 0 Å². The molecule has 0 atom stereocenters. The highest BCUT2D eigenvalue weighted by Crippen LogP contribution is 2.15. The van der Waals surface area contributed by atoms with Crippen molar-refractivity contribution in [3.63, 3.8) is 0 Å². The fourth-order valence-corrected chi connectivity index (χ4v) is 1.81. The fourth-order valence-electron chi connectivity index (χ4n) is 1.47. The molecule has 1 fully saturated rings. The van der Waals surface area contributed by atoms with Crippen LogP contribution in [0, 0.1) is 0 Å². The number of hydrogen-bond donors (Lipinski definition) is 1. The zero-order valence-corrected chi connectivity index (χ0v) is 9.21. The lowest BCUT2D eigenvalue weighted by Crippen LogP contribution is -2.46. The standard InChI is InChI=1S/C9H11BrN2O2/c10-8-5-7(6-14-8)9(13)12-3-1-11-2-4-12/h5-6,11H,1-4H2. The molecule has 0 aromatic carbocycles. The summed E-state index contributed by atoms with van der Waals surface area (Å²) in [6.45, 7) is 3.26. The van der Waals surface area contributed by atoms with Crippen LogP contribution < -0.4 is 5.32 Å². The van der Waals surface area contributed by atoms with Crippen molar-refractivity contribution in [3.8, 4) is 0 Å². The van der Waals surface area contributed by atoms with Crippen LogP contribution in [0.3, 0.4) is 0 Å². The lowest BCUT2D eigenvalue weighted by molar-refractivity contribution is 0.0735. The summed E-state index contributed by atoms with van der Waals surface area (Å²) in [6, 6.07) is 1.70. The van der Waals surface area contributed by atoms with Gasteiger partial charge in [0.15, 0.2) is 4.67 Å². The summed E-state index contributed by atoms with van der Waals surface area (Å²) in [5.74, 6) is 0.0425. The number of rotatable bonds is 1. The Bertz CT molecular complexity index is 331. The van der Waals surface area contributed by atoms with Crippen molar-refractivity contribution in [2.75, 3.05) is 26.2 Å². The van der Waals surface area contributed by atoms with Gasteiger partial charge < -0.3 is 14.6 Å². The van der Waals surface area contributed by atoms with Crippen molar-refractivity contribution in [1.82, 2.24) is 10.2 Å². The second-order valence-corrected chi connectivity index (χ2v) is 3.96. The van der Waals surface area contributed by atoms with Gasteiger partial charge >= 0.3 is 0 Å². The number of nitrogens with zero attached hydrogens (tertiary/aromatic N) is 1. The van der Waals surface area contributed by atoms with Gasteiger partial charge in [-0.3, -0.25) is 4.79 Å². The van der Waals surface area contributed by atoms with Crippen LogP contribution >= 0.6 is 15.9 Å². The molecule has 1 N–H and O–H groups in total. The predicted molar refractivity (Wildman–Crippen MR) is 55.2 cm³/mol. The van der Waals surface area contributed by atoms with E-state index in [4.69, 9.17) is 4.42 Å². The molecule has 0 saturated carbocycles. The molecule has 14 heavy (non-hydrogen) atoms. The van der Waals surface area contributed by atoms with E-state index in [0.717, 1.165) is 26.2 Å². The van der Waals surface area contributed by atoms with Gasteiger partial charge in [0, 0.05) is 32.2 Å². The van der Waals surface area contributed by atoms with E-state index in [9.17, 15) is 4.79 Å². The number of furan rings is 1. The molecule has 1 aromatic rings. The maximum Gasteiger partial charge on any atom is 0.257 e. The zero-order valence-electron chi connectivity index (χ0n) is 7.62. The first-order valence-corrected chi connectivity index (χ1v) is 5.31. The Hall–Kier alpha value is -0.810. The topological polar surface area (TPSA) is 45.5 Å². The molecule has 0 unspecified atom stereocenters. The molecule has 0 aliphatic carbocycles. The van der Waals surface area contributed by atoms with E-state index < -0.39 is 0 Å². The number of carbonyl (C=O) groups is 1. The highest BCUT2D eigenvalue weighted by atomic mass is 79.9. The van der Waals surface area contributed by atoms with E-state index in [1.54, 1.807) is 6.07 Å². The molecule has 2 heterocycles. The molecule has 0 radical (unpaired) electrons. The Kier molecular flexibility index (Phi) is 2.88. The lowest BCUT2D eigenvalue weighted by atomic mass is 10.2. The number of hydrogen-bond acceptors (Lipinski definition) is 3. The molecule has 0 bridgehead atoms. The SMILES string of the molecule is O=C(c1coc(Br)c1)N1CCNCC1. The van der Waals surface area contributed by atoms with E-state index in [1.165, 1.54) is 6.26 Å². The number of piperazine rings is 1. The maximum absolute atomic E-state index is 11.8. The smallest absolute Gasteiger partial charge is 0.257 e. The summed E-state index contributed by atoms with van der Waals surface area (Å²) in [4.78, 5) is 13.7. The molecular formula is C9H11BrN2O2. The number of carbonyl (C=O) groups excluding carboxylic acids is 1. The first-order chi connectivity index (χ1) is 6.77. The van der Waals surface area contributed by atoms with Crippen LogP contribution in [0.2, 0.25) is 0 Å². The van der Waals surface area contributed by atoms with Crippen LogP contribution in [0.1, 0.15) is 10.4 Å². The van der Waals surface area contributed by atoms with Crippen molar-refractivity contribution in [1.29, 1.82) is 0 Å². The van der Waals surface area contributed by atoms with Gasteiger partial charge in [0.2, 0.25) is 0 Å². The highest BCUT2D eigenvalue weighted by Gasteiger charge is 2.19. The van der Waals surface area contributed by atoms with E-state index in [1.807, 2.05) is 4.90 Å². The first-order valence-electron chi connectivity index (χ1n) is 4.51. The molecule has 0 spiro atoms. The number of nitrogens with one attached hydrogen (secondary N) is 1. The third-order valence-electron chi connectivity index (χ3n) is 2.22. The van der Waals surface area contributed by atoms with Crippen LogP contribution in [-0.2, 0) is 0 Å². The fraction of sp³-hybridized carbons (Fsp3) is 0.444. The third-order valence-corrected chi connectivity index (χ3v) is 2.63. The van der Waals surface area contributed by atoms with E-state index >= 15 is 0 Å². The van der Waals surface area contributed by atoms with Crippen LogP contribution in [-0.4, -0.2) is 37.0 Å². The third kappa shape index (κ3) is 1.99. The largest absolute Gasteiger partial charge is 0.457 e. The van der Waals surface area contributed by atoms with Crippen LogP contribution in [0.5, 0.6) is 0 Å². The number of halogens is 1. The van der Waals surface area contributed by atoms with Crippen molar-refractivity contribution in [2.45, 2.75) is 0 Å². The molecule has 1 amide bonds. The second-order valence-electron chi connectivity index (χ2n) is 3.18. The quantitative estimate of drug-likeness (QED) is 0.821. The van der Waals surface area contributed by atoms with Gasteiger partial charge in [0.1, 0.15) is 6.26 Å². The zero-order chi connectivity index (χ0) is 9.97. The summed E-state index contributed by atoms with van der Waals surface area (Å²) in [5.41, 5.74) is 0.610. The van der Waals surface area contributed by atoms with Crippen LogP contribution in [0.25, 0.3) is 0 Å². The summed E-state index contributed by atoms with van der Waals surface area (Å²) in [6.07, 6.45) is 1.48. The Morgan fingerprint density at radius 2 is 2.21 bits per heavy atom. The molecule has 1 aliphatic rings. The Morgan fingerprint density at radius 1 is 1.50 bits per heavy atom. The molecule has 76 valence electrons. The van der Waals surface area contributed by atoms with Gasteiger partial charge in [0.25, 0.3) is 5.91 Å². The Balaban J connectivity index is 2.07. The highest BCUT2D eigenvalue weighted by molar-refractivity contribution is 9.10. The predicted octanol–water partition coefficient (Wildman–Crippen LogP) is 1.09. The molecule has 2 rings (SSSR count). The Labute approximate surface area is 90.4 Å². The molecule has 1 aromatic heterocycles. The van der Waals surface area contributed by atoms with E-state index in [2.05, 4.69) is 21.2 Å². The van der Waals surface area contributed by atoms with Gasteiger partial charge in [-0.2, -0.15) is 0 Å². The summed E-state index contributed by atoms with van der Waals surface area (Å²) >= 11 is 3.17. The monoisotopic (exact) mass is 258 g/mol. The molecular weight excluding hydrogens is 248 g/mol. The van der Waals surface area contributed by atoms with Gasteiger partial charge in [-0.05, 0) is 15.9 Å². The summed E-state index contributed by atoms with van der Waals surface area (Å²) in [7, 11) is 0. The average molecular weight is 259 g/mol. The molecule has 1 saturated heterocycles. The van der Waals surface area contributed by atoms with Gasteiger partial charge in [-0.25, -0.2) is 0 Å². The molecule has 4 nitrogen and oxygen atoms in total. The average Bonchev–Trinajstić information content (AvgIpc) is 2.65. The minimum absolute atomic E-state index is 0.0425. The normalized spacial score (nSPS) is 17.1. The van der Waals surface area contributed by atoms with Gasteiger partial charge in [0.05, 0.1) is 5.56 Å².